The number of benzene rings is 1. The molecular formula is C14H20N2O2. The van der Waals surface area contributed by atoms with E-state index < -0.39 is 0 Å². The fourth-order valence-corrected chi connectivity index (χ4v) is 1.99. The molecule has 2 N–H and O–H groups in total. The zero-order chi connectivity index (χ0) is 13.2. The van der Waals surface area contributed by atoms with Crippen molar-refractivity contribution in [2.45, 2.75) is 32.2 Å². The van der Waals surface area contributed by atoms with Gasteiger partial charge in [0, 0.05) is 12.0 Å². The van der Waals surface area contributed by atoms with Gasteiger partial charge in [-0.2, -0.15) is 0 Å². The first-order chi connectivity index (χ1) is 8.47. The zero-order valence-corrected chi connectivity index (χ0v) is 11.0. The number of amides is 1. The van der Waals surface area contributed by atoms with Crippen LogP contribution in [-0.4, -0.2) is 24.6 Å². The predicted molar refractivity (Wildman–Crippen MR) is 71.8 cm³/mol. The van der Waals surface area contributed by atoms with Gasteiger partial charge in [0.25, 0.3) is 0 Å². The van der Waals surface area contributed by atoms with Crippen molar-refractivity contribution in [1.82, 2.24) is 0 Å². The second-order valence-corrected chi connectivity index (χ2v) is 5.35. The summed E-state index contributed by atoms with van der Waals surface area (Å²) in [6.07, 6.45) is 1.16. The minimum Gasteiger partial charge on any atom is -0.490 e. The van der Waals surface area contributed by atoms with Crippen LogP contribution in [0.3, 0.4) is 0 Å². The van der Waals surface area contributed by atoms with Crippen LogP contribution >= 0.6 is 0 Å². The lowest BCUT2D eigenvalue weighted by molar-refractivity contribution is -0.119. The summed E-state index contributed by atoms with van der Waals surface area (Å²) < 4.78 is 5.53. The Balaban J connectivity index is 2.08. The number of fused-ring (bicyclic) bond motifs is 1. The molecule has 0 atom stereocenters. The molecule has 0 spiro atoms. The van der Waals surface area contributed by atoms with Gasteiger partial charge in [0.05, 0.1) is 12.2 Å². The molecule has 1 heterocycles. The van der Waals surface area contributed by atoms with E-state index in [0.717, 1.165) is 11.4 Å². The van der Waals surface area contributed by atoms with Crippen molar-refractivity contribution in [2.75, 3.05) is 18.1 Å². The highest BCUT2D eigenvalue weighted by atomic mass is 16.5. The van der Waals surface area contributed by atoms with Gasteiger partial charge in [0.15, 0.2) is 0 Å². The summed E-state index contributed by atoms with van der Waals surface area (Å²) in [4.78, 5) is 14.0. The first-order valence-electron chi connectivity index (χ1n) is 6.28. The predicted octanol–water partition coefficient (Wildman–Crippen LogP) is 1.93. The van der Waals surface area contributed by atoms with Crippen molar-refractivity contribution in [3.05, 3.63) is 24.3 Å². The van der Waals surface area contributed by atoms with Gasteiger partial charge < -0.3 is 15.4 Å². The SMILES string of the molecule is CC(C)(N)CCC(=O)N1CCOc2ccccc21. The summed E-state index contributed by atoms with van der Waals surface area (Å²) in [6, 6.07) is 7.64. The number of carbonyl (C=O) groups is 1. The molecule has 0 unspecified atom stereocenters. The van der Waals surface area contributed by atoms with E-state index in [2.05, 4.69) is 0 Å². The third kappa shape index (κ3) is 3.01. The molecule has 0 aromatic heterocycles. The van der Waals surface area contributed by atoms with Crippen molar-refractivity contribution in [1.29, 1.82) is 0 Å². The van der Waals surface area contributed by atoms with Crippen LogP contribution in [0.1, 0.15) is 26.7 Å². The maximum Gasteiger partial charge on any atom is 0.227 e. The summed E-state index contributed by atoms with van der Waals surface area (Å²) in [5.74, 6) is 0.897. The number of para-hydroxylation sites is 2. The molecule has 4 heteroatoms. The number of rotatable bonds is 3. The third-order valence-corrected chi connectivity index (χ3v) is 3.01. The Hall–Kier alpha value is -1.55. The molecule has 2 rings (SSSR count). The Morgan fingerprint density at radius 1 is 1.44 bits per heavy atom. The van der Waals surface area contributed by atoms with E-state index in [1.807, 2.05) is 38.1 Å². The first-order valence-corrected chi connectivity index (χ1v) is 6.28. The molecule has 1 aromatic carbocycles. The van der Waals surface area contributed by atoms with Crippen LogP contribution in [0, 0.1) is 0 Å². The molecule has 0 fully saturated rings. The van der Waals surface area contributed by atoms with Gasteiger partial charge in [-0.3, -0.25) is 4.79 Å². The Morgan fingerprint density at radius 3 is 2.89 bits per heavy atom. The summed E-state index contributed by atoms with van der Waals surface area (Å²) in [6.45, 7) is 5.04. The van der Waals surface area contributed by atoms with Crippen molar-refractivity contribution < 1.29 is 9.53 Å². The fraction of sp³-hybridized carbons (Fsp3) is 0.500. The van der Waals surface area contributed by atoms with Crippen LogP contribution in [0.15, 0.2) is 24.3 Å². The third-order valence-electron chi connectivity index (χ3n) is 3.01. The highest BCUT2D eigenvalue weighted by Crippen LogP contribution is 2.31. The number of hydrogen-bond donors (Lipinski definition) is 1. The summed E-state index contributed by atoms with van der Waals surface area (Å²) in [5.41, 5.74) is 6.47. The standard InChI is InChI=1S/C14H20N2O2/c1-14(2,15)8-7-13(17)16-9-10-18-12-6-4-3-5-11(12)16/h3-6H,7-10,15H2,1-2H3. The maximum absolute atomic E-state index is 12.2. The molecule has 1 aromatic rings. The van der Waals surface area contributed by atoms with E-state index in [1.165, 1.54) is 0 Å². The van der Waals surface area contributed by atoms with E-state index in [-0.39, 0.29) is 11.4 Å². The molecular weight excluding hydrogens is 228 g/mol. The smallest absolute Gasteiger partial charge is 0.227 e. The topological polar surface area (TPSA) is 55.6 Å². The molecule has 0 saturated heterocycles. The highest BCUT2D eigenvalue weighted by Gasteiger charge is 2.24. The van der Waals surface area contributed by atoms with Gasteiger partial charge in [-0.15, -0.1) is 0 Å². The average molecular weight is 248 g/mol. The molecule has 1 amide bonds. The van der Waals surface area contributed by atoms with Gasteiger partial charge in [-0.1, -0.05) is 12.1 Å². The van der Waals surface area contributed by atoms with Gasteiger partial charge in [0.1, 0.15) is 12.4 Å². The largest absolute Gasteiger partial charge is 0.490 e. The molecule has 0 radical (unpaired) electrons. The summed E-state index contributed by atoms with van der Waals surface area (Å²) >= 11 is 0. The lowest BCUT2D eigenvalue weighted by Gasteiger charge is -2.30. The van der Waals surface area contributed by atoms with Gasteiger partial charge in [-0.25, -0.2) is 0 Å². The molecule has 0 bridgehead atoms. The maximum atomic E-state index is 12.2. The number of hydrogen-bond acceptors (Lipinski definition) is 3. The van der Waals surface area contributed by atoms with Crippen LogP contribution in [0.25, 0.3) is 0 Å². The number of ether oxygens (including phenoxy) is 1. The van der Waals surface area contributed by atoms with E-state index >= 15 is 0 Å². The zero-order valence-electron chi connectivity index (χ0n) is 11.0. The van der Waals surface area contributed by atoms with Crippen molar-refractivity contribution in [3.63, 3.8) is 0 Å². The second-order valence-electron chi connectivity index (χ2n) is 5.35. The second kappa shape index (κ2) is 4.98. The fourth-order valence-electron chi connectivity index (χ4n) is 1.99. The highest BCUT2D eigenvalue weighted by molar-refractivity contribution is 5.95. The van der Waals surface area contributed by atoms with Crippen molar-refractivity contribution >= 4 is 11.6 Å². The minimum absolute atomic E-state index is 0.115. The number of nitrogens with zero attached hydrogens (tertiary/aromatic N) is 1. The van der Waals surface area contributed by atoms with Crippen LogP contribution in [0.4, 0.5) is 5.69 Å². The van der Waals surface area contributed by atoms with Crippen LogP contribution in [0.2, 0.25) is 0 Å². The quantitative estimate of drug-likeness (QED) is 0.889. The van der Waals surface area contributed by atoms with Crippen LogP contribution in [-0.2, 0) is 4.79 Å². The van der Waals surface area contributed by atoms with E-state index in [9.17, 15) is 4.79 Å². The van der Waals surface area contributed by atoms with E-state index in [1.54, 1.807) is 4.90 Å². The van der Waals surface area contributed by atoms with Gasteiger partial charge in [0.2, 0.25) is 5.91 Å². The summed E-state index contributed by atoms with van der Waals surface area (Å²) in [5, 5.41) is 0. The Morgan fingerprint density at radius 2 is 2.17 bits per heavy atom. The van der Waals surface area contributed by atoms with Gasteiger partial charge in [-0.05, 0) is 32.4 Å². The molecule has 18 heavy (non-hydrogen) atoms. The molecule has 0 aliphatic carbocycles. The molecule has 1 aliphatic rings. The molecule has 4 nitrogen and oxygen atoms in total. The van der Waals surface area contributed by atoms with Crippen LogP contribution in [0.5, 0.6) is 5.75 Å². The molecule has 98 valence electrons. The Bertz CT molecular complexity index is 438. The number of anilines is 1. The van der Waals surface area contributed by atoms with E-state index in [0.29, 0.717) is 26.0 Å². The lowest BCUT2D eigenvalue weighted by Crippen LogP contribution is -2.40. The normalized spacial score (nSPS) is 14.9. The van der Waals surface area contributed by atoms with Gasteiger partial charge >= 0.3 is 0 Å². The minimum atomic E-state index is -0.304. The number of nitrogens with two attached hydrogens (primary N) is 1. The summed E-state index contributed by atoms with van der Waals surface area (Å²) in [7, 11) is 0. The average Bonchev–Trinajstić information content (AvgIpc) is 2.34. The van der Waals surface area contributed by atoms with E-state index in [4.69, 9.17) is 10.5 Å². The monoisotopic (exact) mass is 248 g/mol. The first kappa shape index (κ1) is 12.9. The van der Waals surface area contributed by atoms with Crippen molar-refractivity contribution in [2.24, 2.45) is 5.73 Å². The Labute approximate surface area is 108 Å². The van der Waals surface area contributed by atoms with Crippen LogP contribution < -0.4 is 15.4 Å². The molecule has 1 aliphatic heterocycles. The Kier molecular flexibility index (Phi) is 3.57. The lowest BCUT2D eigenvalue weighted by atomic mass is 9.99. The molecule has 0 saturated carbocycles. The van der Waals surface area contributed by atoms with Crippen molar-refractivity contribution in [3.8, 4) is 5.75 Å². The number of carbonyl (C=O) groups excluding carboxylic acids is 1.